The van der Waals surface area contributed by atoms with Gasteiger partial charge in [-0.05, 0) is 36.3 Å². The van der Waals surface area contributed by atoms with E-state index in [2.05, 4.69) is 11.9 Å². The summed E-state index contributed by atoms with van der Waals surface area (Å²) < 4.78 is 12.3. The van der Waals surface area contributed by atoms with E-state index in [9.17, 15) is 19.5 Å². The molecule has 0 atom stereocenters. The number of anilines is 1. The predicted molar refractivity (Wildman–Crippen MR) is 139 cm³/mol. The fourth-order valence-electron chi connectivity index (χ4n) is 4.43. The van der Waals surface area contributed by atoms with Crippen molar-refractivity contribution in [2.24, 2.45) is 0 Å². The molecule has 0 saturated carbocycles. The van der Waals surface area contributed by atoms with Crippen LogP contribution in [0.15, 0.2) is 48.7 Å². The molecule has 9 nitrogen and oxygen atoms in total. The van der Waals surface area contributed by atoms with Crippen molar-refractivity contribution in [3.05, 3.63) is 76.9 Å². The molecule has 1 N–H and O–H groups in total. The van der Waals surface area contributed by atoms with Crippen molar-refractivity contribution in [2.75, 3.05) is 25.7 Å². The highest BCUT2D eigenvalue weighted by molar-refractivity contribution is 6.37. The molecule has 0 fully saturated rings. The number of para-hydroxylation sites is 1. The van der Waals surface area contributed by atoms with E-state index in [0.717, 1.165) is 36.3 Å². The van der Waals surface area contributed by atoms with E-state index in [0.29, 0.717) is 34.7 Å². The van der Waals surface area contributed by atoms with Crippen molar-refractivity contribution >= 4 is 35.2 Å². The van der Waals surface area contributed by atoms with Gasteiger partial charge in [-0.3, -0.25) is 14.5 Å². The number of methoxy groups -OCH3 is 2. The summed E-state index contributed by atoms with van der Waals surface area (Å²) in [5.41, 5.74) is 3.56. The SMILES string of the molecule is CCCCc1ncc(C=C2C(=O)N(CC(=O)O)c3c(OC)cccc32)n1Cc1ccc(C(=O)OC)cc1. The summed E-state index contributed by atoms with van der Waals surface area (Å²) in [6.07, 6.45) is 6.22. The Hall–Kier alpha value is -4.40. The summed E-state index contributed by atoms with van der Waals surface area (Å²) in [4.78, 5) is 42.6. The normalized spacial score (nSPS) is 13.6. The molecule has 9 heteroatoms. The highest BCUT2D eigenvalue weighted by Crippen LogP contribution is 2.43. The highest BCUT2D eigenvalue weighted by atomic mass is 16.5. The Kier molecular flexibility index (Phi) is 7.71. The molecule has 1 aromatic heterocycles. The van der Waals surface area contributed by atoms with Crippen LogP contribution in [0.5, 0.6) is 5.75 Å². The van der Waals surface area contributed by atoms with E-state index < -0.39 is 24.4 Å². The van der Waals surface area contributed by atoms with Gasteiger partial charge in [0.05, 0.1) is 42.9 Å². The van der Waals surface area contributed by atoms with Gasteiger partial charge in [-0.25, -0.2) is 9.78 Å². The number of aromatic nitrogens is 2. The van der Waals surface area contributed by atoms with Gasteiger partial charge >= 0.3 is 11.9 Å². The third-order valence-corrected chi connectivity index (χ3v) is 6.28. The number of aliphatic carboxylic acids is 1. The van der Waals surface area contributed by atoms with Crippen LogP contribution in [-0.2, 0) is 27.3 Å². The Balaban J connectivity index is 1.77. The first-order valence-electron chi connectivity index (χ1n) is 12.0. The van der Waals surface area contributed by atoms with Crippen LogP contribution >= 0.6 is 0 Å². The summed E-state index contributed by atoms with van der Waals surface area (Å²) in [5.74, 6) is -0.619. The van der Waals surface area contributed by atoms with E-state index in [1.165, 1.54) is 19.1 Å². The van der Waals surface area contributed by atoms with Gasteiger partial charge < -0.3 is 19.1 Å². The van der Waals surface area contributed by atoms with Crippen molar-refractivity contribution in [1.82, 2.24) is 9.55 Å². The number of unbranched alkanes of at least 4 members (excludes halogenated alkanes) is 1. The van der Waals surface area contributed by atoms with Crippen molar-refractivity contribution < 1.29 is 29.0 Å². The van der Waals surface area contributed by atoms with E-state index in [1.807, 2.05) is 16.7 Å². The second kappa shape index (κ2) is 11.1. The van der Waals surface area contributed by atoms with E-state index in [-0.39, 0.29) is 0 Å². The minimum Gasteiger partial charge on any atom is -0.495 e. The van der Waals surface area contributed by atoms with Gasteiger partial charge in [-0.15, -0.1) is 0 Å². The maximum Gasteiger partial charge on any atom is 0.337 e. The lowest BCUT2D eigenvalue weighted by atomic mass is 10.1. The Morgan fingerprint density at radius 2 is 1.86 bits per heavy atom. The van der Waals surface area contributed by atoms with Crippen LogP contribution in [0.25, 0.3) is 11.6 Å². The molecule has 4 rings (SSSR count). The summed E-state index contributed by atoms with van der Waals surface area (Å²) in [5, 5.41) is 9.42. The van der Waals surface area contributed by atoms with Gasteiger partial charge in [-0.2, -0.15) is 0 Å². The molecule has 37 heavy (non-hydrogen) atoms. The lowest BCUT2D eigenvalue weighted by Gasteiger charge is -2.16. The number of fused-ring (bicyclic) bond motifs is 1. The van der Waals surface area contributed by atoms with Crippen LogP contribution in [0.2, 0.25) is 0 Å². The number of nitrogens with zero attached hydrogens (tertiary/aromatic N) is 3. The largest absolute Gasteiger partial charge is 0.495 e. The van der Waals surface area contributed by atoms with Gasteiger partial charge in [0.1, 0.15) is 18.1 Å². The van der Waals surface area contributed by atoms with Crippen LogP contribution in [0.4, 0.5) is 5.69 Å². The fraction of sp³-hybridized carbons (Fsp3) is 0.286. The number of rotatable bonds is 10. The van der Waals surface area contributed by atoms with E-state index in [4.69, 9.17) is 9.47 Å². The molecule has 0 saturated heterocycles. The van der Waals surface area contributed by atoms with Crippen molar-refractivity contribution in [3.63, 3.8) is 0 Å². The smallest absolute Gasteiger partial charge is 0.337 e. The van der Waals surface area contributed by atoms with E-state index >= 15 is 0 Å². The topological polar surface area (TPSA) is 111 Å². The molecule has 0 bridgehead atoms. The number of amides is 1. The molecule has 1 aliphatic heterocycles. The quantitative estimate of drug-likeness (QED) is 0.328. The lowest BCUT2D eigenvalue weighted by Crippen LogP contribution is -2.32. The number of carboxylic acid groups (broad SMARTS) is 1. The number of carbonyl (C=O) groups excluding carboxylic acids is 2. The second-order valence-electron chi connectivity index (χ2n) is 8.68. The maximum absolute atomic E-state index is 13.4. The summed E-state index contributed by atoms with van der Waals surface area (Å²) in [6.45, 7) is 2.12. The lowest BCUT2D eigenvalue weighted by molar-refractivity contribution is -0.136. The number of aryl methyl sites for hydroxylation is 1. The Labute approximate surface area is 214 Å². The zero-order valence-electron chi connectivity index (χ0n) is 21.1. The number of esters is 1. The minimum atomic E-state index is -1.12. The number of hydrogen-bond acceptors (Lipinski definition) is 6. The van der Waals surface area contributed by atoms with Crippen molar-refractivity contribution in [3.8, 4) is 5.75 Å². The van der Waals surface area contributed by atoms with E-state index in [1.54, 1.807) is 42.6 Å². The third kappa shape index (κ3) is 5.25. The summed E-state index contributed by atoms with van der Waals surface area (Å²) >= 11 is 0. The Morgan fingerprint density at radius 1 is 1.11 bits per heavy atom. The van der Waals surface area contributed by atoms with Gasteiger partial charge in [0.2, 0.25) is 0 Å². The predicted octanol–water partition coefficient (Wildman–Crippen LogP) is 4.04. The zero-order valence-corrected chi connectivity index (χ0v) is 21.1. The number of imidazole rings is 1. The number of hydrogen-bond donors (Lipinski definition) is 1. The van der Waals surface area contributed by atoms with Crippen molar-refractivity contribution in [1.29, 1.82) is 0 Å². The standard InChI is InChI=1S/C28H29N3O6/c1-4-5-9-24-29-15-20(30(24)16-18-10-12-19(13-11-18)28(35)37-3)14-22-21-7-6-8-23(36-2)26(21)31(27(22)34)17-25(32)33/h6-8,10-15H,4-5,9,16-17H2,1-3H3,(H,32,33). The molecule has 1 aliphatic rings. The van der Waals surface area contributed by atoms with Gasteiger partial charge in [-0.1, -0.05) is 37.6 Å². The molecule has 0 radical (unpaired) electrons. The average Bonchev–Trinajstić information content (AvgIpc) is 3.40. The molecule has 0 unspecified atom stereocenters. The molecule has 2 aromatic carbocycles. The summed E-state index contributed by atoms with van der Waals surface area (Å²) in [6, 6.07) is 12.4. The zero-order chi connectivity index (χ0) is 26.5. The maximum atomic E-state index is 13.4. The number of carbonyl (C=O) groups is 3. The first-order chi connectivity index (χ1) is 17.9. The average molecular weight is 504 g/mol. The van der Waals surface area contributed by atoms with Crippen LogP contribution in [-0.4, -0.2) is 53.3 Å². The van der Waals surface area contributed by atoms with Crippen LogP contribution < -0.4 is 9.64 Å². The van der Waals surface area contributed by atoms with Crippen LogP contribution in [0, 0.1) is 0 Å². The fourth-order valence-corrected chi connectivity index (χ4v) is 4.43. The monoisotopic (exact) mass is 503 g/mol. The van der Waals surface area contributed by atoms with Crippen molar-refractivity contribution in [2.45, 2.75) is 32.7 Å². The number of ether oxygens (including phenoxy) is 2. The van der Waals surface area contributed by atoms with Crippen LogP contribution in [0.1, 0.15) is 52.8 Å². The Bertz CT molecular complexity index is 1360. The molecule has 1 amide bonds. The van der Waals surface area contributed by atoms with Gasteiger partial charge in [0.15, 0.2) is 0 Å². The van der Waals surface area contributed by atoms with Gasteiger partial charge in [0.25, 0.3) is 5.91 Å². The molecule has 0 spiro atoms. The summed E-state index contributed by atoms with van der Waals surface area (Å²) in [7, 11) is 2.83. The molecule has 2 heterocycles. The second-order valence-corrected chi connectivity index (χ2v) is 8.68. The molecule has 192 valence electrons. The van der Waals surface area contributed by atoms with Crippen LogP contribution in [0.3, 0.4) is 0 Å². The molecular formula is C28H29N3O6. The molecular weight excluding hydrogens is 474 g/mol. The Morgan fingerprint density at radius 3 is 2.51 bits per heavy atom. The first-order valence-corrected chi connectivity index (χ1v) is 12.0. The third-order valence-electron chi connectivity index (χ3n) is 6.28. The highest BCUT2D eigenvalue weighted by Gasteiger charge is 2.36. The van der Waals surface area contributed by atoms with Gasteiger partial charge in [0, 0.05) is 18.5 Å². The first kappa shape index (κ1) is 25.7. The number of carboxylic acids is 1. The number of benzene rings is 2. The molecule has 3 aromatic rings. The minimum absolute atomic E-state index is 0.374. The molecule has 0 aliphatic carbocycles.